The molecule has 3 nitrogen and oxygen atoms in total. The number of benzene rings is 1. The molecule has 0 saturated heterocycles. The third-order valence-electron chi connectivity index (χ3n) is 2.62. The Bertz CT molecular complexity index is 351. The Morgan fingerprint density at radius 1 is 1.00 bits per heavy atom. The van der Waals surface area contributed by atoms with Gasteiger partial charge in [-0.05, 0) is 37.1 Å². The smallest absolute Gasteiger partial charge is 0.247 e. The number of amidine groups is 1. The van der Waals surface area contributed by atoms with Crippen LogP contribution in [0, 0.1) is 0 Å². The molecule has 1 aliphatic heterocycles. The van der Waals surface area contributed by atoms with E-state index in [1.165, 1.54) is 12.8 Å². The minimum Gasteiger partial charge on any atom is -0.399 e. The lowest BCUT2D eigenvalue weighted by atomic mass is 10.1. The van der Waals surface area contributed by atoms with E-state index in [0.717, 1.165) is 30.2 Å². The average molecular weight is 190 g/mol. The van der Waals surface area contributed by atoms with Gasteiger partial charge < -0.3 is 5.73 Å². The molecule has 1 aromatic rings. The van der Waals surface area contributed by atoms with E-state index in [1.54, 1.807) is 0 Å². The summed E-state index contributed by atoms with van der Waals surface area (Å²) in [5.74, 6) is 0.973. The summed E-state index contributed by atoms with van der Waals surface area (Å²) in [7, 11) is 0. The lowest BCUT2D eigenvalue weighted by Crippen LogP contribution is -2.29. The number of nitrogen functional groups attached to an aromatic ring is 1. The van der Waals surface area contributed by atoms with Gasteiger partial charge in [-0.15, -0.1) is 0 Å². The molecular weight excluding hydrogens is 174 g/mol. The Morgan fingerprint density at radius 2 is 1.71 bits per heavy atom. The first-order chi connectivity index (χ1) is 6.77. The van der Waals surface area contributed by atoms with E-state index in [2.05, 4.69) is 4.58 Å². The van der Waals surface area contributed by atoms with Crippen LogP contribution in [0.25, 0.3) is 0 Å². The molecule has 0 aromatic heterocycles. The molecule has 4 N–H and O–H groups in total. The largest absolute Gasteiger partial charge is 0.399 e. The van der Waals surface area contributed by atoms with Crippen LogP contribution in [0.1, 0.15) is 19.3 Å². The lowest BCUT2D eigenvalue weighted by Gasteiger charge is -2.14. The van der Waals surface area contributed by atoms with Crippen molar-refractivity contribution < 1.29 is 4.58 Å². The summed E-state index contributed by atoms with van der Waals surface area (Å²) >= 11 is 0. The first-order valence-electron chi connectivity index (χ1n) is 5.02. The number of anilines is 1. The van der Waals surface area contributed by atoms with Crippen LogP contribution in [-0.2, 0) is 0 Å². The van der Waals surface area contributed by atoms with Gasteiger partial charge in [0.2, 0.25) is 5.84 Å². The molecule has 0 aliphatic carbocycles. The average Bonchev–Trinajstić information content (AvgIpc) is 2.20. The maximum Gasteiger partial charge on any atom is 0.247 e. The molecule has 0 unspecified atom stereocenters. The van der Waals surface area contributed by atoms with Gasteiger partial charge in [-0.25, -0.2) is 4.58 Å². The summed E-state index contributed by atoms with van der Waals surface area (Å²) in [6.45, 7) is 1.02. The normalized spacial score (nSPS) is 17.1. The first-order valence-corrected chi connectivity index (χ1v) is 5.02. The van der Waals surface area contributed by atoms with Crippen molar-refractivity contribution in [2.75, 3.05) is 12.3 Å². The number of nitrogens with two attached hydrogens (primary N) is 2. The lowest BCUT2D eigenvalue weighted by molar-refractivity contribution is -0.448. The molecule has 2 rings (SSSR count). The summed E-state index contributed by atoms with van der Waals surface area (Å²) in [4.78, 5) is 0. The SMILES string of the molecule is NC1=[N+](c2ccc(N)cc2)CCCC1. The van der Waals surface area contributed by atoms with Gasteiger partial charge in [-0.1, -0.05) is 0 Å². The Hall–Kier alpha value is -1.51. The van der Waals surface area contributed by atoms with E-state index in [-0.39, 0.29) is 0 Å². The van der Waals surface area contributed by atoms with E-state index in [1.807, 2.05) is 24.3 Å². The quantitative estimate of drug-likeness (QED) is 0.520. The highest BCUT2D eigenvalue weighted by Crippen LogP contribution is 2.17. The maximum absolute atomic E-state index is 5.96. The highest BCUT2D eigenvalue weighted by molar-refractivity contribution is 5.76. The van der Waals surface area contributed by atoms with Crippen LogP contribution < -0.4 is 11.5 Å². The molecule has 74 valence electrons. The Kier molecular flexibility index (Phi) is 2.39. The summed E-state index contributed by atoms with van der Waals surface area (Å²) in [6, 6.07) is 7.87. The monoisotopic (exact) mass is 190 g/mol. The molecule has 0 radical (unpaired) electrons. The van der Waals surface area contributed by atoms with Gasteiger partial charge in [-0.3, -0.25) is 5.73 Å². The van der Waals surface area contributed by atoms with Crippen LogP contribution >= 0.6 is 0 Å². The van der Waals surface area contributed by atoms with E-state index >= 15 is 0 Å². The Labute approximate surface area is 84.0 Å². The zero-order chi connectivity index (χ0) is 9.97. The fourth-order valence-corrected chi connectivity index (χ4v) is 1.80. The minimum absolute atomic E-state index is 0.796. The molecule has 1 heterocycles. The maximum atomic E-state index is 5.96. The van der Waals surface area contributed by atoms with Crippen molar-refractivity contribution in [3.05, 3.63) is 24.3 Å². The van der Waals surface area contributed by atoms with Crippen molar-refractivity contribution in [3.8, 4) is 0 Å². The van der Waals surface area contributed by atoms with Crippen molar-refractivity contribution >= 4 is 17.2 Å². The van der Waals surface area contributed by atoms with Gasteiger partial charge in [-0.2, -0.15) is 0 Å². The van der Waals surface area contributed by atoms with Crippen molar-refractivity contribution in [2.24, 2.45) is 5.73 Å². The third-order valence-corrected chi connectivity index (χ3v) is 2.62. The molecule has 1 aliphatic rings. The summed E-state index contributed by atoms with van der Waals surface area (Å²) < 4.78 is 2.17. The van der Waals surface area contributed by atoms with Crippen molar-refractivity contribution in [3.63, 3.8) is 0 Å². The minimum atomic E-state index is 0.796. The molecule has 0 amide bonds. The van der Waals surface area contributed by atoms with Crippen LogP contribution in [0.5, 0.6) is 0 Å². The molecule has 0 fully saturated rings. The standard InChI is InChI=1S/C11H15N3/c12-9-4-6-10(7-5-9)14-8-2-1-3-11(14)13/h4-7,13H,1-3,8,12H2/p+1. The summed E-state index contributed by atoms with van der Waals surface area (Å²) in [5.41, 5.74) is 13.5. The third kappa shape index (κ3) is 1.71. The Balaban J connectivity index is 2.34. The molecule has 1 aromatic carbocycles. The van der Waals surface area contributed by atoms with Crippen LogP contribution in [-0.4, -0.2) is 17.0 Å². The van der Waals surface area contributed by atoms with E-state index < -0.39 is 0 Å². The highest BCUT2D eigenvalue weighted by atomic mass is 15.1. The molecule has 0 saturated carbocycles. The van der Waals surface area contributed by atoms with Gasteiger partial charge in [0.1, 0.15) is 5.69 Å². The highest BCUT2D eigenvalue weighted by Gasteiger charge is 2.15. The Morgan fingerprint density at radius 3 is 2.36 bits per heavy atom. The first kappa shape index (κ1) is 9.06. The number of hydrogen-bond donors (Lipinski definition) is 2. The van der Waals surface area contributed by atoms with E-state index in [0.29, 0.717) is 0 Å². The van der Waals surface area contributed by atoms with Crippen LogP contribution in [0.4, 0.5) is 11.4 Å². The van der Waals surface area contributed by atoms with Gasteiger partial charge in [0.25, 0.3) is 0 Å². The summed E-state index contributed by atoms with van der Waals surface area (Å²) in [5, 5.41) is 0. The molecule has 0 bridgehead atoms. The second kappa shape index (κ2) is 3.70. The van der Waals surface area contributed by atoms with Crippen LogP contribution in [0.2, 0.25) is 0 Å². The van der Waals surface area contributed by atoms with Crippen LogP contribution in [0.15, 0.2) is 24.3 Å². The second-order valence-corrected chi connectivity index (χ2v) is 3.69. The van der Waals surface area contributed by atoms with E-state index in [9.17, 15) is 0 Å². The number of nitrogens with zero attached hydrogens (tertiary/aromatic N) is 1. The number of rotatable bonds is 1. The van der Waals surface area contributed by atoms with Crippen molar-refractivity contribution in [2.45, 2.75) is 19.3 Å². The van der Waals surface area contributed by atoms with Crippen LogP contribution in [0.3, 0.4) is 0 Å². The fourth-order valence-electron chi connectivity index (χ4n) is 1.80. The molecule has 14 heavy (non-hydrogen) atoms. The molecule has 0 spiro atoms. The molecular formula is C11H16N3+. The predicted molar refractivity (Wildman–Crippen MR) is 58.7 cm³/mol. The van der Waals surface area contributed by atoms with Gasteiger partial charge in [0.15, 0.2) is 0 Å². The molecule has 0 atom stereocenters. The second-order valence-electron chi connectivity index (χ2n) is 3.69. The number of hydrogen-bond acceptors (Lipinski definition) is 2. The van der Waals surface area contributed by atoms with Crippen molar-refractivity contribution in [1.82, 2.24) is 0 Å². The zero-order valence-corrected chi connectivity index (χ0v) is 8.24. The van der Waals surface area contributed by atoms with Crippen molar-refractivity contribution in [1.29, 1.82) is 0 Å². The van der Waals surface area contributed by atoms with Gasteiger partial charge in [0, 0.05) is 12.1 Å². The van der Waals surface area contributed by atoms with Gasteiger partial charge >= 0.3 is 0 Å². The van der Waals surface area contributed by atoms with Gasteiger partial charge in [0.05, 0.1) is 6.54 Å². The summed E-state index contributed by atoms with van der Waals surface area (Å²) in [6.07, 6.45) is 3.42. The topological polar surface area (TPSA) is 55.0 Å². The fraction of sp³-hybridized carbons (Fsp3) is 0.364. The predicted octanol–water partition coefficient (Wildman–Crippen LogP) is 1.45. The zero-order valence-electron chi connectivity index (χ0n) is 8.24. The molecule has 3 heteroatoms. The van der Waals surface area contributed by atoms with E-state index in [4.69, 9.17) is 11.5 Å².